The van der Waals surface area contributed by atoms with Crippen LogP contribution in [0.5, 0.6) is 5.75 Å². The van der Waals surface area contributed by atoms with E-state index in [9.17, 15) is 9.90 Å². The molecular formula is C15H21N3O3S. The number of ether oxygens (including phenoxy) is 1. The van der Waals surface area contributed by atoms with Gasteiger partial charge in [0.15, 0.2) is 16.7 Å². The molecule has 2 N–H and O–H groups in total. The highest BCUT2D eigenvalue weighted by atomic mass is 32.2. The second-order valence-corrected chi connectivity index (χ2v) is 6.70. The summed E-state index contributed by atoms with van der Waals surface area (Å²) in [6, 6.07) is 0.145. The van der Waals surface area contributed by atoms with E-state index in [2.05, 4.69) is 15.3 Å². The van der Waals surface area contributed by atoms with E-state index in [0.29, 0.717) is 23.1 Å². The number of aromatic nitrogens is 2. The molecule has 6 nitrogen and oxygen atoms in total. The van der Waals surface area contributed by atoms with Crippen molar-refractivity contribution in [1.29, 1.82) is 0 Å². The number of thioether (sulfide) groups is 1. The third-order valence-corrected chi connectivity index (χ3v) is 4.59. The van der Waals surface area contributed by atoms with E-state index in [4.69, 9.17) is 4.74 Å². The molecule has 7 heteroatoms. The molecule has 0 bridgehead atoms. The maximum Gasteiger partial charge on any atom is 0.314 e. The zero-order valence-corrected chi connectivity index (χ0v) is 13.4. The third kappa shape index (κ3) is 3.89. The Hall–Kier alpha value is -1.34. The van der Waals surface area contributed by atoms with Crippen LogP contribution in [-0.4, -0.2) is 39.4 Å². The molecule has 1 aromatic rings. The summed E-state index contributed by atoms with van der Waals surface area (Å²) in [6.45, 7) is 0. The van der Waals surface area contributed by atoms with E-state index in [0.717, 1.165) is 32.1 Å². The van der Waals surface area contributed by atoms with Crippen molar-refractivity contribution in [2.45, 2.75) is 55.8 Å². The number of carbonyl (C=O) groups excluding carboxylic acids is 1. The van der Waals surface area contributed by atoms with Crippen LogP contribution < -0.4 is 10.1 Å². The SMILES string of the molecule is CSc1ncc(OC(=O)C2CC2)c(N[C@@H]2CCC[C@@H](O)C2)n1. The Morgan fingerprint density at radius 2 is 2.23 bits per heavy atom. The van der Waals surface area contributed by atoms with Crippen LogP contribution in [0.25, 0.3) is 0 Å². The highest BCUT2D eigenvalue weighted by Crippen LogP contribution is 2.33. The van der Waals surface area contributed by atoms with Gasteiger partial charge in [-0.3, -0.25) is 4.79 Å². The fourth-order valence-electron chi connectivity index (χ4n) is 2.63. The van der Waals surface area contributed by atoms with Gasteiger partial charge in [0.1, 0.15) is 0 Å². The van der Waals surface area contributed by atoms with Gasteiger partial charge in [-0.25, -0.2) is 9.97 Å². The number of rotatable bonds is 5. The van der Waals surface area contributed by atoms with E-state index >= 15 is 0 Å². The van der Waals surface area contributed by atoms with Gasteiger partial charge >= 0.3 is 5.97 Å². The normalized spacial score (nSPS) is 24.8. The monoisotopic (exact) mass is 323 g/mol. The lowest BCUT2D eigenvalue weighted by molar-refractivity contribution is -0.135. The zero-order chi connectivity index (χ0) is 15.5. The van der Waals surface area contributed by atoms with Gasteiger partial charge in [0.25, 0.3) is 0 Å². The largest absolute Gasteiger partial charge is 0.421 e. The Kier molecular flexibility index (Phi) is 4.83. The van der Waals surface area contributed by atoms with Gasteiger partial charge in [-0.2, -0.15) is 0 Å². The second kappa shape index (κ2) is 6.83. The second-order valence-electron chi connectivity index (χ2n) is 5.93. The van der Waals surface area contributed by atoms with Crippen LogP contribution >= 0.6 is 11.8 Å². The van der Waals surface area contributed by atoms with E-state index in [1.807, 2.05) is 6.26 Å². The van der Waals surface area contributed by atoms with Crippen LogP contribution in [0, 0.1) is 5.92 Å². The first-order valence-corrected chi connectivity index (χ1v) is 8.95. The Labute approximate surface area is 134 Å². The lowest BCUT2D eigenvalue weighted by Gasteiger charge is -2.27. The molecule has 0 amide bonds. The van der Waals surface area contributed by atoms with E-state index < -0.39 is 0 Å². The zero-order valence-electron chi connectivity index (χ0n) is 12.6. The molecule has 1 heterocycles. The van der Waals surface area contributed by atoms with Crippen molar-refractivity contribution >= 4 is 23.5 Å². The maximum absolute atomic E-state index is 11.9. The molecule has 2 aliphatic carbocycles. The first-order valence-electron chi connectivity index (χ1n) is 7.73. The number of carbonyl (C=O) groups is 1. The summed E-state index contributed by atoms with van der Waals surface area (Å²) in [5.41, 5.74) is 0. The van der Waals surface area contributed by atoms with Crippen molar-refractivity contribution in [2.75, 3.05) is 11.6 Å². The van der Waals surface area contributed by atoms with Crippen LogP contribution in [-0.2, 0) is 4.79 Å². The van der Waals surface area contributed by atoms with Crippen LogP contribution in [0.1, 0.15) is 38.5 Å². The summed E-state index contributed by atoms with van der Waals surface area (Å²) in [6.07, 6.45) is 8.49. The Bertz CT molecular complexity index is 551. The minimum atomic E-state index is -0.273. The fourth-order valence-corrected chi connectivity index (χ4v) is 2.97. The Morgan fingerprint density at radius 1 is 1.41 bits per heavy atom. The van der Waals surface area contributed by atoms with Gasteiger partial charge in [0.2, 0.25) is 0 Å². The number of aliphatic hydroxyl groups is 1. The standard InChI is InChI=1S/C15H21N3O3S/c1-22-15-16-8-12(21-14(20)9-5-6-9)13(18-15)17-10-3-2-4-11(19)7-10/h8-11,19H,2-7H2,1H3,(H,16,17,18)/t10-,11-/m1/s1. The molecule has 3 rings (SSSR count). The number of nitrogens with one attached hydrogen (secondary N) is 1. The number of hydrogen-bond donors (Lipinski definition) is 2. The molecule has 2 fully saturated rings. The van der Waals surface area contributed by atoms with Gasteiger partial charge in [-0.05, 0) is 44.8 Å². The number of hydrogen-bond acceptors (Lipinski definition) is 7. The Balaban J connectivity index is 1.74. The topological polar surface area (TPSA) is 84.3 Å². The number of nitrogens with zero attached hydrogens (tertiary/aromatic N) is 2. The van der Waals surface area contributed by atoms with Crippen LogP contribution in [0.4, 0.5) is 5.82 Å². The first-order chi connectivity index (χ1) is 10.7. The van der Waals surface area contributed by atoms with Crippen molar-refractivity contribution in [2.24, 2.45) is 5.92 Å². The maximum atomic E-state index is 11.9. The lowest BCUT2D eigenvalue weighted by Crippen LogP contribution is -2.30. The summed E-state index contributed by atoms with van der Waals surface area (Å²) >= 11 is 1.44. The molecule has 2 aliphatic rings. The minimum Gasteiger partial charge on any atom is -0.421 e. The molecular weight excluding hydrogens is 302 g/mol. The van der Waals surface area contributed by atoms with Crippen molar-refractivity contribution in [3.63, 3.8) is 0 Å². The summed E-state index contributed by atoms with van der Waals surface area (Å²) < 4.78 is 5.44. The third-order valence-electron chi connectivity index (χ3n) is 4.02. The van der Waals surface area contributed by atoms with Gasteiger partial charge in [-0.15, -0.1) is 0 Å². The predicted octanol–water partition coefficient (Wildman–Crippen LogP) is 2.23. The molecule has 0 spiro atoms. The fraction of sp³-hybridized carbons (Fsp3) is 0.667. The molecule has 0 saturated heterocycles. The van der Waals surface area contributed by atoms with Crippen molar-refractivity contribution in [3.8, 4) is 5.75 Å². The number of anilines is 1. The van der Waals surface area contributed by atoms with Gasteiger partial charge in [-0.1, -0.05) is 11.8 Å². The van der Waals surface area contributed by atoms with Crippen molar-refractivity contribution < 1.29 is 14.6 Å². The van der Waals surface area contributed by atoms with Gasteiger partial charge in [0.05, 0.1) is 18.2 Å². The van der Waals surface area contributed by atoms with E-state index in [1.165, 1.54) is 11.8 Å². The number of esters is 1. The van der Waals surface area contributed by atoms with Crippen molar-refractivity contribution in [1.82, 2.24) is 9.97 Å². The molecule has 1 aromatic heterocycles. The summed E-state index contributed by atoms with van der Waals surface area (Å²) in [7, 11) is 0. The average Bonchev–Trinajstić information content (AvgIpc) is 3.33. The van der Waals surface area contributed by atoms with Gasteiger partial charge < -0.3 is 15.2 Å². The molecule has 0 radical (unpaired) electrons. The van der Waals surface area contributed by atoms with Crippen molar-refractivity contribution in [3.05, 3.63) is 6.20 Å². The first kappa shape index (κ1) is 15.6. The predicted molar refractivity (Wildman–Crippen MR) is 84.1 cm³/mol. The lowest BCUT2D eigenvalue weighted by atomic mass is 9.93. The highest BCUT2D eigenvalue weighted by Gasteiger charge is 2.32. The molecule has 0 unspecified atom stereocenters. The minimum absolute atomic E-state index is 0.0320. The summed E-state index contributed by atoms with van der Waals surface area (Å²) in [5, 5.41) is 13.7. The summed E-state index contributed by atoms with van der Waals surface area (Å²) in [5.74, 6) is 0.763. The van der Waals surface area contributed by atoms with Crippen LogP contribution in [0.15, 0.2) is 11.4 Å². The molecule has 120 valence electrons. The van der Waals surface area contributed by atoms with Gasteiger partial charge in [0, 0.05) is 6.04 Å². The Morgan fingerprint density at radius 3 is 2.91 bits per heavy atom. The summed E-state index contributed by atoms with van der Waals surface area (Å²) in [4.78, 5) is 20.5. The number of aliphatic hydroxyl groups excluding tert-OH is 1. The van der Waals surface area contributed by atoms with Crippen LogP contribution in [0.2, 0.25) is 0 Å². The molecule has 0 aliphatic heterocycles. The highest BCUT2D eigenvalue weighted by molar-refractivity contribution is 7.98. The molecule has 22 heavy (non-hydrogen) atoms. The molecule has 0 aromatic carbocycles. The van der Waals surface area contributed by atoms with E-state index in [1.54, 1.807) is 6.20 Å². The van der Waals surface area contributed by atoms with Crippen LogP contribution in [0.3, 0.4) is 0 Å². The smallest absolute Gasteiger partial charge is 0.314 e. The quantitative estimate of drug-likeness (QED) is 0.488. The molecule has 2 atom stereocenters. The average molecular weight is 323 g/mol. The molecule has 2 saturated carbocycles. The van der Waals surface area contributed by atoms with E-state index in [-0.39, 0.29) is 24.0 Å².